The van der Waals surface area contributed by atoms with Crippen molar-refractivity contribution in [2.45, 2.75) is 26.9 Å². The van der Waals surface area contributed by atoms with Gasteiger partial charge in [-0.25, -0.2) is 9.67 Å². The average Bonchev–Trinajstić information content (AvgIpc) is 2.78. The Morgan fingerprint density at radius 1 is 1.29 bits per heavy atom. The fourth-order valence-electron chi connectivity index (χ4n) is 1.97. The molecule has 0 radical (unpaired) electrons. The smallest absolute Gasteiger partial charge is 0.411 e. The molecule has 0 amide bonds. The van der Waals surface area contributed by atoms with E-state index in [0.717, 1.165) is 12.1 Å². The zero-order valence-corrected chi connectivity index (χ0v) is 11.6. The predicted octanol–water partition coefficient (Wildman–Crippen LogP) is 3.10. The van der Waals surface area contributed by atoms with E-state index < -0.39 is 11.7 Å². The molecule has 0 spiro atoms. The summed E-state index contributed by atoms with van der Waals surface area (Å²) in [5.41, 5.74) is 0.853. The summed E-state index contributed by atoms with van der Waals surface area (Å²) >= 11 is 0. The van der Waals surface area contributed by atoms with Crippen LogP contribution in [-0.2, 0) is 6.18 Å². The quantitative estimate of drug-likeness (QED) is 0.526. The second kappa shape index (κ2) is 5.19. The second-order valence-electron chi connectivity index (χ2n) is 4.59. The Morgan fingerprint density at radius 2 is 1.95 bits per heavy atom. The lowest BCUT2D eigenvalue weighted by Crippen LogP contribution is -2.10. The van der Waals surface area contributed by atoms with E-state index >= 15 is 0 Å². The van der Waals surface area contributed by atoms with Gasteiger partial charge in [-0.3, -0.25) is 0 Å². The highest BCUT2D eigenvalue weighted by atomic mass is 19.4. The Hall–Kier alpha value is -2.38. The summed E-state index contributed by atoms with van der Waals surface area (Å²) in [6.45, 7) is 4.71. The van der Waals surface area contributed by atoms with Gasteiger partial charge in [0.2, 0.25) is 0 Å². The van der Waals surface area contributed by atoms with Crippen LogP contribution in [0.2, 0.25) is 0 Å². The van der Waals surface area contributed by atoms with E-state index in [2.05, 4.69) is 15.2 Å². The molecular formula is C13H13F3N4O. The van der Waals surface area contributed by atoms with Crippen LogP contribution in [0.4, 0.5) is 13.2 Å². The molecule has 0 aliphatic rings. The Morgan fingerprint density at radius 3 is 2.52 bits per heavy atom. The van der Waals surface area contributed by atoms with Crippen LogP contribution in [0.15, 0.2) is 23.5 Å². The van der Waals surface area contributed by atoms with Crippen molar-refractivity contribution < 1.29 is 18.4 Å². The van der Waals surface area contributed by atoms with E-state index in [1.54, 1.807) is 13.8 Å². The molecule has 2 heterocycles. The number of rotatable bonds is 2. The Bertz CT molecular complexity index is 704. The molecule has 0 aromatic carbocycles. The zero-order valence-electron chi connectivity index (χ0n) is 11.6. The Balaban J connectivity index is 2.58. The minimum atomic E-state index is -4.45. The average molecular weight is 298 g/mol. The minimum absolute atomic E-state index is 0.0665. The summed E-state index contributed by atoms with van der Waals surface area (Å²) < 4.78 is 39.8. The summed E-state index contributed by atoms with van der Waals surface area (Å²) in [7, 11) is 0. The van der Waals surface area contributed by atoms with Gasteiger partial charge in [0.15, 0.2) is 5.82 Å². The Kier molecular flexibility index (Phi) is 3.71. The number of hydrogen-bond acceptors (Lipinski definition) is 4. The van der Waals surface area contributed by atoms with Gasteiger partial charge in [0.1, 0.15) is 0 Å². The first-order valence-electron chi connectivity index (χ1n) is 6.04. The molecule has 2 aromatic rings. The number of alkyl halides is 3. The van der Waals surface area contributed by atoms with Gasteiger partial charge < -0.3 is 5.21 Å². The predicted molar refractivity (Wildman–Crippen MR) is 69.8 cm³/mol. The van der Waals surface area contributed by atoms with Crippen LogP contribution in [0.1, 0.15) is 29.4 Å². The maximum atomic E-state index is 12.8. The number of hydrogen-bond donors (Lipinski definition) is 1. The number of aryl methyl sites for hydroxylation is 1. The van der Waals surface area contributed by atoms with E-state index in [-0.39, 0.29) is 11.5 Å². The molecule has 2 rings (SSSR count). The van der Waals surface area contributed by atoms with Gasteiger partial charge in [-0.2, -0.15) is 18.3 Å². The summed E-state index contributed by atoms with van der Waals surface area (Å²) in [6.07, 6.45) is -3.03. The zero-order chi connectivity index (χ0) is 15.8. The summed E-state index contributed by atoms with van der Waals surface area (Å²) in [5, 5.41) is 15.9. The molecule has 21 heavy (non-hydrogen) atoms. The van der Waals surface area contributed by atoms with Gasteiger partial charge in [-0.15, -0.1) is 0 Å². The third-order valence-corrected chi connectivity index (χ3v) is 3.03. The van der Waals surface area contributed by atoms with Crippen LogP contribution in [0.25, 0.3) is 5.82 Å². The number of pyridine rings is 1. The summed E-state index contributed by atoms with van der Waals surface area (Å²) in [4.78, 5) is 4.08. The molecular weight excluding hydrogens is 285 g/mol. The molecule has 0 saturated carbocycles. The van der Waals surface area contributed by atoms with Gasteiger partial charge in [-0.1, -0.05) is 5.16 Å². The maximum Gasteiger partial charge on any atom is 0.416 e. The molecule has 5 nitrogen and oxygen atoms in total. The number of aromatic nitrogens is 3. The molecule has 0 aliphatic carbocycles. The van der Waals surface area contributed by atoms with Crippen LogP contribution in [-0.4, -0.2) is 25.7 Å². The maximum absolute atomic E-state index is 12.8. The van der Waals surface area contributed by atoms with Crippen molar-refractivity contribution in [3.8, 4) is 5.82 Å². The van der Waals surface area contributed by atoms with Crippen LogP contribution in [0.5, 0.6) is 0 Å². The van der Waals surface area contributed by atoms with Crippen molar-refractivity contribution in [2.75, 3.05) is 0 Å². The standard InChI is InChI=1S/C13H13F3N4O/c1-7-4-10(13(14,15)16)5-12(18-7)20-9(3)11(6-17-20)8(2)19-21/h4-6,21H,1-3H3/b19-8+. The van der Waals surface area contributed by atoms with Crippen LogP contribution < -0.4 is 0 Å². The first kappa shape index (κ1) is 15.0. The first-order chi connectivity index (χ1) is 9.74. The highest BCUT2D eigenvalue weighted by Crippen LogP contribution is 2.30. The van der Waals surface area contributed by atoms with Gasteiger partial charge >= 0.3 is 6.18 Å². The van der Waals surface area contributed by atoms with E-state index in [4.69, 9.17) is 5.21 Å². The molecule has 0 atom stereocenters. The molecule has 0 unspecified atom stereocenters. The molecule has 112 valence electrons. The van der Waals surface area contributed by atoms with Crippen LogP contribution in [0, 0.1) is 13.8 Å². The van der Waals surface area contributed by atoms with Gasteiger partial charge in [0.25, 0.3) is 0 Å². The number of halogens is 3. The van der Waals surface area contributed by atoms with E-state index in [1.807, 2.05) is 0 Å². The van der Waals surface area contributed by atoms with Gasteiger partial charge in [-0.05, 0) is 32.9 Å². The van der Waals surface area contributed by atoms with Crippen LogP contribution in [0.3, 0.4) is 0 Å². The summed E-state index contributed by atoms with van der Waals surface area (Å²) in [5.74, 6) is 0.0665. The molecule has 2 aromatic heterocycles. The molecule has 1 N–H and O–H groups in total. The van der Waals surface area contributed by atoms with E-state index in [1.165, 1.54) is 17.8 Å². The van der Waals surface area contributed by atoms with Crippen molar-refractivity contribution in [3.05, 3.63) is 40.8 Å². The van der Waals surface area contributed by atoms with Crippen molar-refractivity contribution in [1.82, 2.24) is 14.8 Å². The van der Waals surface area contributed by atoms with E-state index in [9.17, 15) is 13.2 Å². The fraction of sp³-hybridized carbons (Fsp3) is 0.308. The van der Waals surface area contributed by atoms with Crippen molar-refractivity contribution >= 4 is 5.71 Å². The lowest BCUT2D eigenvalue weighted by molar-refractivity contribution is -0.137. The topological polar surface area (TPSA) is 63.3 Å². The third-order valence-electron chi connectivity index (χ3n) is 3.03. The number of nitrogens with zero attached hydrogens (tertiary/aromatic N) is 4. The molecule has 0 bridgehead atoms. The van der Waals surface area contributed by atoms with Crippen molar-refractivity contribution in [2.24, 2.45) is 5.16 Å². The number of oxime groups is 1. The largest absolute Gasteiger partial charge is 0.416 e. The minimum Gasteiger partial charge on any atom is -0.411 e. The molecule has 0 aliphatic heterocycles. The van der Waals surface area contributed by atoms with Gasteiger partial charge in [0.05, 0.1) is 23.2 Å². The molecule has 8 heteroatoms. The monoisotopic (exact) mass is 298 g/mol. The summed E-state index contributed by atoms with van der Waals surface area (Å²) in [6, 6.07) is 1.91. The van der Waals surface area contributed by atoms with Crippen molar-refractivity contribution in [1.29, 1.82) is 0 Å². The normalized spacial score (nSPS) is 12.8. The van der Waals surface area contributed by atoms with Crippen molar-refractivity contribution in [3.63, 3.8) is 0 Å². The molecule has 0 fully saturated rings. The fourth-order valence-corrected chi connectivity index (χ4v) is 1.97. The van der Waals surface area contributed by atoms with Crippen LogP contribution >= 0.6 is 0 Å². The lowest BCUT2D eigenvalue weighted by Gasteiger charge is -2.11. The second-order valence-corrected chi connectivity index (χ2v) is 4.59. The van der Waals surface area contributed by atoms with Gasteiger partial charge in [0, 0.05) is 11.3 Å². The molecule has 0 saturated heterocycles. The first-order valence-corrected chi connectivity index (χ1v) is 6.04. The third kappa shape index (κ3) is 2.88. The Labute approximate surface area is 118 Å². The highest BCUT2D eigenvalue weighted by Gasteiger charge is 2.31. The van der Waals surface area contributed by atoms with E-state index in [0.29, 0.717) is 17.0 Å². The lowest BCUT2D eigenvalue weighted by atomic mass is 10.2. The highest BCUT2D eigenvalue weighted by molar-refractivity contribution is 5.99. The SMILES string of the molecule is C/C(=N\O)c1cnn(-c2cc(C(F)(F)F)cc(C)n2)c1C.